The zero-order valence-corrected chi connectivity index (χ0v) is 18.6. The Morgan fingerprint density at radius 1 is 1.07 bits per heavy atom. The van der Waals surface area contributed by atoms with Crippen molar-refractivity contribution in [3.63, 3.8) is 0 Å². The second-order valence-electron chi connectivity index (χ2n) is 6.91. The van der Waals surface area contributed by atoms with Gasteiger partial charge >= 0.3 is 0 Å². The lowest BCUT2D eigenvalue weighted by atomic mass is 10.2. The first-order chi connectivity index (χ1) is 14.5. The SMILES string of the molecule is Cc1cccc(NC(=S)N=Nc2c(O)n(Cc3ccccc3)c3ccc(Br)cc23)c1. The molecule has 0 unspecified atom stereocenters. The second kappa shape index (κ2) is 8.77. The average Bonchev–Trinajstić information content (AvgIpc) is 2.97. The van der Waals surface area contributed by atoms with Gasteiger partial charge in [-0.3, -0.25) is 0 Å². The monoisotopic (exact) mass is 478 g/mol. The number of nitrogens with one attached hydrogen (secondary N) is 1. The quantitative estimate of drug-likeness (QED) is 0.246. The van der Waals surface area contributed by atoms with Gasteiger partial charge in [0.2, 0.25) is 11.0 Å². The molecule has 7 heteroatoms. The first kappa shape index (κ1) is 20.3. The molecular weight excluding hydrogens is 460 g/mol. The van der Waals surface area contributed by atoms with Crippen molar-refractivity contribution >= 4 is 55.5 Å². The van der Waals surface area contributed by atoms with Crippen molar-refractivity contribution in [2.75, 3.05) is 5.32 Å². The number of rotatable bonds is 4. The Hall–Kier alpha value is -3.03. The molecule has 0 atom stereocenters. The number of halogens is 1. The van der Waals surface area contributed by atoms with E-state index in [1.54, 1.807) is 0 Å². The van der Waals surface area contributed by atoms with E-state index in [-0.39, 0.29) is 11.0 Å². The molecule has 2 N–H and O–H groups in total. The third-order valence-electron chi connectivity index (χ3n) is 4.67. The van der Waals surface area contributed by atoms with Crippen LogP contribution in [0.5, 0.6) is 5.88 Å². The number of nitrogens with zero attached hydrogens (tertiary/aromatic N) is 3. The van der Waals surface area contributed by atoms with Gasteiger partial charge < -0.3 is 15.0 Å². The van der Waals surface area contributed by atoms with Crippen molar-refractivity contribution in [2.45, 2.75) is 13.5 Å². The lowest BCUT2D eigenvalue weighted by Gasteiger charge is -2.07. The predicted molar refractivity (Wildman–Crippen MR) is 129 cm³/mol. The fourth-order valence-corrected chi connectivity index (χ4v) is 3.81. The van der Waals surface area contributed by atoms with Crippen molar-refractivity contribution < 1.29 is 5.11 Å². The van der Waals surface area contributed by atoms with Gasteiger partial charge in [0.25, 0.3) is 0 Å². The summed E-state index contributed by atoms with van der Waals surface area (Å²) in [5.74, 6) is 0.0501. The van der Waals surface area contributed by atoms with E-state index < -0.39 is 0 Å². The maximum Gasteiger partial charge on any atom is 0.221 e. The molecular formula is C23H19BrN4OS. The molecule has 0 spiro atoms. The van der Waals surface area contributed by atoms with Crippen molar-refractivity contribution in [1.82, 2.24) is 4.57 Å². The molecule has 0 radical (unpaired) electrons. The van der Waals surface area contributed by atoms with Crippen LogP contribution >= 0.6 is 28.1 Å². The van der Waals surface area contributed by atoms with Gasteiger partial charge in [0.05, 0.1) is 12.1 Å². The Morgan fingerprint density at radius 3 is 2.63 bits per heavy atom. The van der Waals surface area contributed by atoms with Crippen molar-refractivity contribution in [3.05, 3.63) is 88.4 Å². The van der Waals surface area contributed by atoms with E-state index in [1.165, 1.54) is 0 Å². The number of benzene rings is 3. The van der Waals surface area contributed by atoms with Crippen LogP contribution in [0.15, 0.2) is 87.5 Å². The molecule has 4 aromatic rings. The molecule has 0 amide bonds. The number of hydrogen-bond donors (Lipinski definition) is 2. The van der Waals surface area contributed by atoms with Crippen LogP contribution in [-0.4, -0.2) is 14.8 Å². The number of anilines is 1. The first-order valence-electron chi connectivity index (χ1n) is 9.35. The summed E-state index contributed by atoms with van der Waals surface area (Å²) in [6.45, 7) is 2.53. The zero-order chi connectivity index (χ0) is 21.1. The van der Waals surface area contributed by atoms with Gasteiger partial charge in [-0.1, -0.05) is 58.4 Å². The highest BCUT2D eigenvalue weighted by atomic mass is 79.9. The first-order valence-corrected chi connectivity index (χ1v) is 10.6. The fraction of sp³-hybridized carbons (Fsp3) is 0.0870. The molecule has 0 fully saturated rings. The number of azo groups is 1. The standard InChI is InChI=1S/C23H19BrN4OS/c1-15-6-5-9-18(12-15)25-23(30)27-26-21-19-13-17(24)10-11-20(19)28(22(21)29)14-16-7-3-2-4-8-16/h2-13,29H,14H2,1H3,(H,25,30). The van der Waals surface area contributed by atoms with Crippen LogP contribution in [0, 0.1) is 6.92 Å². The van der Waals surface area contributed by atoms with E-state index in [2.05, 4.69) is 31.5 Å². The van der Waals surface area contributed by atoms with E-state index in [0.29, 0.717) is 12.2 Å². The highest BCUT2D eigenvalue weighted by Crippen LogP contribution is 2.40. The van der Waals surface area contributed by atoms with Crippen molar-refractivity contribution in [2.24, 2.45) is 10.2 Å². The minimum absolute atomic E-state index is 0.0501. The maximum atomic E-state index is 10.9. The number of aromatic nitrogens is 1. The Morgan fingerprint density at radius 2 is 1.87 bits per heavy atom. The topological polar surface area (TPSA) is 61.9 Å². The van der Waals surface area contributed by atoms with Crippen LogP contribution in [0.4, 0.5) is 11.4 Å². The summed E-state index contributed by atoms with van der Waals surface area (Å²) in [5.41, 5.74) is 4.29. The third kappa shape index (κ3) is 4.42. The Labute approximate surface area is 188 Å². The zero-order valence-electron chi connectivity index (χ0n) is 16.2. The number of hydrogen-bond acceptors (Lipinski definition) is 3. The Balaban J connectivity index is 1.67. The molecule has 0 saturated heterocycles. The summed E-state index contributed by atoms with van der Waals surface area (Å²) >= 11 is 8.81. The van der Waals surface area contributed by atoms with Crippen LogP contribution in [-0.2, 0) is 6.54 Å². The Bertz CT molecular complexity index is 1250. The van der Waals surface area contributed by atoms with Crippen LogP contribution in [0.1, 0.15) is 11.1 Å². The molecule has 150 valence electrons. The summed E-state index contributed by atoms with van der Waals surface area (Å²) < 4.78 is 2.71. The molecule has 0 saturated carbocycles. The van der Waals surface area contributed by atoms with Gasteiger partial charge in [-0.2, -0.15) is 0 Å². The van der Waals surface area contributed by atoms with Gasteiger partial charge in [0, 0.05) is 15.5 Å². The second-order valence-corrected chi connectivity index (χ2v) is 8.21. The van der Waals surface area contributed by atoms with Crippen LogP contribution < -0.4 is 5.32 Å². The largest absolute Gasteiger partial charge is 0.493 e. The van der Waals surface area contributed by atoms with Crippen LogP contribution in [0.3, 0.4) is 0 Å². The summed E-state index contributed by atoms with van der Waals surface area (Å²) in [5, 5.41) is 23.4. The molecule has 1 aromatic heterocycles. The molecule has 5 nitrogen and oxygen atoms in total. The lowest BCUT2D eigenvalue weighted by Crippen LogP contribution is -2.04. The van der Waals surface area contributed by atoms with Crippen LogP contribution in [0.2, 0.25) is 0 Å². The number of fused-ring (bicyclic) bond motifs is 1. The van der Waals surface area contributed by atoms with E-state index in [4.69, 9.17) is 12.2 Å². The molecule has 4 rings (SSSR count). The normalized spacial score (nSPS) is 11.3. The van der Waals surface area contributed by atoms with Crippen molar-refractivity contribution in [1.29, 1.82) is 0 Å². The van der Waals surface area contributed by atoms with Gasteiger partial charge in [0.15, 0.2) is 5.69 Å². The van der Waals surface area contributed by atoms with Gasteiger partial charge in [-0.15, -0.1) is 10.2 Å². The molecule has 0 aliphatic rings. The van der Waals surface area contributed by atoms with Crippen molar-refractivity contribution in [3.8, 4) is 5.88 Å². The number of aromatic hydroxyl groups is 1. The maximum absolute atomic E-state index is 10.9. The lowest BCUT2D eigenvalue weighted by molar-refractivity contribution is 0.429. The number of thiocarbonyl (C=S) groups is 1. The molecule has 1 heterocycles. The molecule has 0 bridgehead atoms. The minimum atomic E-state index is 0.0501. The summed E-state index contributed by atoms with van der Waals surface area (Å²) in [4.78, 5) is 0. The fourth-order valence-electron chi connectivity index (χ4n) is 3.29. The predicted octanol–water partition coefficient (Wildman–Crippen LogP) is 6.95. The Kier molecular flexibility index (Phi) is 5.92. The highest BCUT2D eigenvalue weighted by Gasteiger charge is 2.17. The smallest absolute Gasteiger partial charge is 0.221 e. The van der Waals surface area contributed by atoms with Gasteiger partial charge in [-0.05, 0) is 60.6 Å². The average molecular weight is 479 g/mol. The minimum Gasteiger partial charge on any atom is -0.493 e. The summed E-state index contributed by atoms with van der Waals surface area (Å²) in [6, 6.07) is 23.6. The summed E-state index contributed by atoms with van der Waals surface area (Å²) in [7, 11) is 0. The van der Waals surface area contributed by atoms with Gasteiger partial charge in [0.1, 0.15) is 0 Å². The van der Waals surface area contributed by atoms with E-state index >= 15 is 0 Å². The summed E-state index contributed by atoms with van der Waals surface area (Å²) in [6.07, 6.45) is 0. The molecule has 0 aliphatic heterocycles. The van der Waals surface area contributed by atoms with E-state index in [0.717, 1.165) is 32.2 Å². The van der Waals surface area contributed by atoms with Gasteiger partial charge in [-0.25, -0.2) is 0 Å². The van der Waals surface area contributed by atoms with Crippen LogP contribution in [0.25, 0.3) is 10.9 Å². The number of aryl methyl sites for hydroxylation is 1. The molecule has 30 heavy (non-hydrogen) atoms. The van der Waals surface area contributed by atoms with E-state index in [1.807, 2.05) is 84.3 Å². The molecule has 3 aromatic carbocycles. The highest BCUT2D eigenvalue weighted by molar-refractivity contribution is 9.10. The third-order valence-corrected chi connectivity index (χ3v) is 5.34. The molecule has 0 aliphatic carbocycles. The van der Waals surface area contributed by atoms with E-state index in [9.17, 15) is 5.11 Å².